The van der Waals surface area contributed by atoms with E-state index >= 15 is 0 Å². The van der Waals surface area contributed by atoms with Gasteiger partial charge in [0.2, 0.25) is 5.91 Å². The molecule has 9 heteroatoms. The summed E-state index contributed by atoms with van der Waals surface area (Å²) in [6.45, 7) is 4.94. The normalized spacial score (nSPS) is 23.0. The molecule has 5 rings (SSSR count). The summed E-state index contributed by atoms with van der Waals surface area (Å²) >= 11 is 7.76. The van der Waals surface area contributed by atoms with Crippen LogP contribution in [0.4, 0.5) is 4.79 Å². The second-order valence-corrected chi connectivity index (χ2v) is 11.4. The fourth-order valence-corrected chi connectivity index (χ4v) is 6.78. The number of carbonyl (C=O) groups is 3. The quantitative estimate of drug-likeness (QED) is 0.397. The molecule has 7 nitrogen and oxygen atoms in total. The molecular formula is C30H33ClN4O3S. The van der Waals surface area contributed by atoms with Gasteiger partial charge < -0.3 is 20.4 Å². The van der Waals surface area contributed by atoms with Crippen LogP contribution in [0, 0.1) is 5.92 Å². The molecule has 0 radical (unpaired) electrons. The lowest BCUT2D eigenvalue weighted by Crippen LogP contribution is -2.56. The highest BCUT2D eigenvalue weighted by Gasteiger charge is 2.58. The number of carbonyl (C=O) groups excluding carboxylic acids is 3. The van der Waals surface area contributed by atoms with Crippen LogP contribution in [0.5, 0.6) is 0 Å². The molecule has 0 aliphatic carbocycles. The van der Waals surface area contributed by atoms with Crippen LogP contribution in [0.15, 0.2) is 72.1 Å². The van der Waals surface area contributed by atoms with Crippen LogP contribution in [-0.4, -0.2) is 66.3 Å². The standard InChI is InChI=1S/C30H33ClN4O3S/c1-2-14-33-30(38)35-26(23-9-6-19-39-23)25(28(36)21-7-4-3-5-8-21)24(20-10-12-22(31)13-11-20)27(35)29(37)34-17-15-32-16-18-34/h3-13,19,24-27,32H,2,14-18H2,1H3,(H,33,38). The molecule has 3 amide bonds. The van der Waals surface area contributed by atoms with Crippen molar-refractivity contribution in [3.8, 4) is 0 Å². The van der Waals surface area contributed by atoms with Gasteiger partial charge in [0.15, 0.2) is 5.78 Å². The Hall–Kier alpha value is -3.20. The van der Waals surface area contributed by atoms with Gasteiger partial charge in [-0.05, 0) is 35.6 Å². The van der Waals surface area contributed by atoms with Gasteiger partial charge >= 0.3 is 6.03 Å². The Bertz CT molecular complexity index is 1280. The van der Waals surface area contributed by atoms with Crippen molar-refractivity contribution in [3.05, 3.63) is 93.1 Å². The Balaban J connectivity index is 1.71. The average molecular weight is 565 g/mol. The number of thiophene rings is 1. The number of nitrogens with one attached hydrogen (secondary N) is 2. The lowest BCUT2D eigenvalue weighted by Gasteiger charge is -2.36. The third kappa shape index (κ3) is 5.60. The van der Waals surface area contributed by atoms with E-state index in [1.807, 2.05) is 59.7 Å². The van der Waals surface area contributed by atoms with Crippen molar-refractivity contribution < 1.29 is 14.4 Å². The number of benzene rings is 2. The predicted molar refractivity (Wildman–Crippen MR) is 154 cm³/mol. The molecule has 3 heterocycles. The van der Waals surface area contributed by atoms with E-state index in [4.69, 9.17) is 11.6 Å². The van der Waals surface area contributed by atoms with Gasteiger partial charge in [0.05, 0.1) is 12.0 Å². The van der Waals surface area contributed by atoms with Crippen LogP contribution in [0.1, 0.15) is 46.1 Å². The van der Waals surface area contributed by atoms with E-state index in [0.29, 0.717) is 43.3 Å². The molecule has 2 saturated heterocycles. The Morgan fingerprint density at radius 3 is 2.36 bits per heavy atom. The zero-order valence-electron chi connectivity index (χ0n) is 21.9. The van der Waals surface area contributed by atoms with Crippen LogP contribution in [0.2, 0.25) is 5.02 Å². The molecule has 4 atom stereocenters. The fraction of sp³-hybridized carbons (Fsp3) is 0.367. The molecule has 2 aromatic carbocycles. The zero-order chi connectivity index (χ0) is 27.4. The minimum absolute atomic E-state index is 0.0853. The number of likely N-dealkylation sites (tertiary alicyclic amines) is 1. The van der Waals surface area contributed by atoms with Crippen LogP contribution >= 0.6 is 22.9 Å². The number of amides is 3. The number of halogens is 1. The van der Waals surface area contributed by atoms with Gasteiger partial charge in [-0.1, -0.05) is 67.1 Å². The molecule has 2 fully saturated rings. The molecule has 2 aliphatic heterocycles. The Kier molecular flexibility index (Phi) is 8.65. The first-order chi connectivity index (χ1) is 19.0. The van der Waals surface area contributed by atoms with E-state index in [-0.39, 0.29) is 17.7 Å². The summed E-state index contributed by atoms with van der Waals surface area (Å²) in [5, 5.41) is 8.83. The lowest BCUT2D eigenvalue weighted by atomic mass is 9.77. The summed E-state index contributed by atoms with van der Waals surface area (Å²) in [6, 6.07) is 18.6. The molecule has 2 aliphatic rings. The maximum absolute atomic E-state index is 14.4. The molecule has 1 aromatic heterocycles. The van der Waals surface area contributed by atoms with E-state index < -0.39 is 23.9 Å². The number of piperazine rings is 1. The first-order valence-electron chi connectivity index (χ1n) is 13.4. The Morgan fingerprint density at radius 1 is 1.00 bits per heavy atom. The molecule has 3 aromatic rings. The van der Waals surface area contributed by atoms with Gasteiger partial charge in [-0.25, -0.2) is 4.79 Å². The van der Waals surface area contributed by atoms with Crippen LogP contribution in [-0.2, 0) is 4.79 Å². The maximum Gasteiger partial charge on any atom is 0.318 e. The third-order valence-electron chi connectivity index (χ3n) is 7.56. The SMILES string of the molecule is CCCNC(=O)N1C(C(=O)N2CCNCC2)C(c2ccc(Cl)cc2)C(C(=O)c2ccccc2)C1c1cccs1. The summed E-state index contributed by atoms with van der Waals surface area (Å²) in [5.41, 5.74) is 1.38. The summed E-state index contributed by atoms with van der Waals surface area (Å²) < 4.78 is 0. The molecular weight excluding hydrogens is 532 g/mol. The van der Waals surface area contributed by atoms with Crippen molar-refractivity contribution in [2.75, 3.05) is 32.7 Å². The first-order valence-corrected chi connectivity index (χ1v) is 14.7. The van der Waals surface area contributed by atoms with Gasteiger partial charge in [-0.2, -0.15) is 0 Å². The highest BCUT2D eigenvalue weighted by Crippen LogP contribution is 2.52. The Labute approximate surface area is 238 Å². The number of urea groups is 1. The Morgan fingerprint density at radius 2 is 1.72 bits per heavy atom. The lowest BCUT2D eigenvalue weighted by molar-refractivity contribution is -0.136. The largest absolute Gasteiger partial charge is 0.338 e. The van der Waals surface area contributed by atoms with E-state index in [1.54, 1.807) is 29.2 Å². The van der Waals surface area contributed by atoms with Crippen molar-refractivity contribution in [2.45, 2.75) is 31.3 Å². The van der Waals surface area contributed by atoms with E-state index in [0.717, 1.165) is 16.9 Å². The number of rotatable bonds is 7. The van der Waals surface area contributed by atoms with Gasteiger partial charge in [0.25, 0.3) is 0 Å². The number of ketones is 1. The fourth-order valence-electron chi connectivity index (χ4n) is 5.78. The van der Waals surface area contributed by atoms with Crippen LogP contribution < -0.4 is 10.6 Å². The number of nitrogens with zero attached hydrogens (tertiary/aromatic N) is 2. The minimum Gasteiger partial charge on any atom is -0.338 e. The number of Topliss-reactive ketones (excluding diaryl/α,β-unsaturated/α-hetero) is 1. The molecule has 204 valence electrons. The second kappa shape index (κ2) is 12.3. The number of hydrogen-bond donors (Lipinski definition) is 2. The van der Waals surface area contributed by atoms with E-state index in [9.17, 15) is 14.4 Å². The van der Waals surface area contributed by atoms with Gasteiger partial charge in [-0.15, -0.1) is 11.3 Å². The maximum atomic E-state index is 14.4. The topological polar surface area (TPSA) is 81.8 Å². The van der Waals surface area contributed by atoms with E-state index in [1.165, 1.54) is 11.3 Å². The summed E-state index contributed by atoms with van der Waals surface area (Å²) in [6.07, 6.45) is 0.757. The minimum atomic E-state index is -0.856. The highest BCUT2D eigenvalue weighted by atomic mass is 35.5. The van der Waals surface area contributed by atoms with Crippen molar-refractivity contribution in [1.29, 1.82) is 0 Å². The third-order valence-corrected chi connectivity index (χ3v) is 8.75. The molecule has 4 unspecified atom stereocenters. The molecule has 0 spiro atoms. The predicted octanol–water partition coefficient (Wildman–Crippen LogP) is 4.96. The first kappa shape index (κ1) is 27.4. The van der Waals surface area contributed by atoms with Crippen LogP contribution in [0.25, 0.3) is 0 Å². The van der Waals surface area contributed by atoms with Crippen molar-refractivity contribution in [1.82, 2.24) is 20.4 Å². The van der Waals surface area contributed by atoms with Crippen molar-refractivity contribution >= 4 is 40.7 Å². The molecule has 0 bridgehead atoms. The molecule has 0 saturated carbocycles. The molecule has 2 N–H and O–H groups in total. The number of hydrogen-bond acceptors (Lipinski definition) is 5. The summed E-state index contributed by atoms with van der Waals surface area (Å²) in [5.74, 6) is -1.45. The van der Waals surface area contributed by atoms with E-state index in [2.05, 4.69) is 10.6 Å². The second-order valence-electron chi connectivity index (χ2n) is 9.95. The van der Waals surface area contributed by atoms with Gasteiger partial charge in [0.1, 0.15) is 6.04 Å². The highest BCUT2D eigenvalue weighted by molar-refractivity contribution is 7.10. The average Bonchev–Trinajstić information content (AvgIpc) is 3.63. The zero-order valence-corrected chi connectivity index (χ0v) is 23.5. The summed E-state index contributed by atoms with van der Waals surface area (Å²) in [4.78, 5) is 47.1. The van der Waals surface area contributed by atoms with Gasteiger partial charge in [-0.3, -0.25) is 9.59 Å². The van der Waals surface area contributed by atoms with Crippen molar-refractivity contribution in [3.63, 3.8) is 0 Å². The van der Waals surface area contributed by atoms with Crippen LogP contribution in [0.3, 0.4) is 0 Å². The summed E-state index contributed by atoms with van der Waals surface area (Å²) in [7, 11) is 0. The monoisotopic (exact) mass is 564 g/mol. The van der Waals surface area contributed by atoms with Gasteiger partial charge in [0, 0.05) is 54.1 Å². The van der Waals surface area contributed by atoms with Crippen molar-refractivity contribution in [2.24, 2.45) is 5.92 Å². The molecule has 39 heavy (non-hydrogen) atoms. The smallest absolute Gasteiger partial charge is 0.318 e.